The predicted octanol–water partition coefficient (Wildman–Crippen LogP) is 3.65. The van der Waals surface area contributed by atoms with E-state index in [0.29, 0.717) is 39.9 Å². The summed E-state index contributed by atoms with van der Waals surface area (Å²) in [7, 11) is 6.18. The fourth-order valence-corrected chi connectivity index (χ4v) is 2.97. The number of carbonyl (C=O) groups is 1. The van der Waals surface area contributed by atoms with Gasteiger partial charge in [-0.1, -0.05) is 0 Å². The lowest BCUT2D eigenvalue weighted by Crippen LogP contribution is -2.00. The highest BCUT2D eigenvalue weighted by Crippen LogP contribution is 2.43. The molecule has 6 nitrogen and oxygen atoms in total. The molecule has 1 aliphatic heterocycles. The largest absolute Gasteiger partial charge is 0.496 e. The molecule has 0 saturated carbocycles. The SMILES string of the molecule is COc1ccc2c(c1C)O/C(=C\c1ccc(OC)c(OC)c1OC)C2=O. The number of hydrogen-bond acceptors (Lipinski definition) is 6. The van der Waals surface area contributed by atoms with E-state index in [-0.39, 0.29) is 11.5 Å². The van der Waals surface area contributed by atoms with Crippen molar-refractivity contribution in [2.24, 2.45) is 0 Å². The number of ether oxygens (including phenoxy) is 5. The minimum absolute atomic E-state index is 0.192. The third-order valence-corrected chi connectivity index (χ3v) is 4.28. The van der Waals surface area contributed by atoms with E-state index in [1.807, 2.05) is 6.92 Å². The van der Waals surface area contributed by atoms with Crippen LogP contribution in [0.25, 0.3) is 6.08 Å². The van der Waals surface area contributed by atoms with Crippen molar-refractivity contribution in [1.29, 1.82) is 0 Å². The van der Waals surface area contributed by atoms with Crippen LogP contribution in [0.4, 0.5) is 0 Å². The maximum absolute atomic E-state index is 12.7. The summed E-state index contributed by atoms with van der Waals surface area (Å²) in [5.41, 5.74) is 1.93. The zero-order valence-corrected chi connectivity index (χ0v) is 15.3. The van der Waals surface area contributed by atoms with E-state index in [1.54, 1.807) is 44.6 Å². The molecule has 0 unspecified atom stereocenters. The van der Waals surface area contributed by atoms with E-state index in [0.717, 1.165) is 5.56 Å². The van der Waals surface area contributed by atoms with Gasteiger partial charge in [0.1, 0.15) is 11.5 Å². The van der Waals surface area contributed by atoms with Gasteiger partial charge >= 0.3 is 0 Å². The first-order chi connectivity index (χ1) is 12.5. The van der Waals surface area contributed by atoms with E-state index >= 15 is 0 Å². The summed E-state index contributed by atoms with van der Waals surface area (Å²) in [4.78, 5) is 12.7. The molecule has 1 aliphatic rings. The fraction of sp³-hybridized carbons (Fsp3) is 0.250. The number of carbonyl (C=O) groups excluding carboxylic acids is 1. The lowest BCUT2D eigenvalue weighted by molar-refractivity contribution is 0.101. The lowest BCUT2D eigenvalue weighted by atomic mass is 10.1. The first-order valence-corrected chi connectivity index (χ1v) is 7.96. The van der Waals surface area contributed by atoms with Crippen LogP contribution >= 0.6 is 0 Å². The summed E-state index contributed by atoms with van der Waals surface area (Å²) in [6, 6.07) is 6.99. The number of fused-ring (bicyclic) bond motifs is 1. The van der Waals surface area contributed by atoms with Gasteiger partial charge < -0.3 is 23.7 Å². The van der Waals surface area contributed by atoms with E-state index in [9.17, 15) is 4.79 Å². The lowest BCUT2D eigenvalue weighted by Gasteiger charge is -2.14. The number of rotatable bonds is 5. The minimum atomic E-state index is -0.192. The van der Waals surface area contributed by atoms with Gasteiger partial charge in [0, 0.05) is 11.1 Å². The molecular formula is C20H20O6. The highest BCUT2D eigenvalue weighted by molar-refractivity contribution is 6.15. The van der Waals surface area contributed by atoms with E-state index in [4.69, 9.17) is 23.7 Å². The van der Waals surface area contributed by atoms with Crippen molar-refractivity contribution in [1.82, 2.24) is 0 Å². The first-order valence-electron chi connectivity index (χ1n) is 7.96. The van der Waals surface area contributed by atoms with Gasteiger partial charge in [-0.25, -0.2) is 0 Å². The van der Waals surface area contributed by atoms with Gasteiger partial charge in [-0.05, 0) is 37.3 Å². The van der Waals surface area contributed by atoms with E-state index < -0.39 is 0 Å². The van der Waals surface area contributed by atoms with Crippen LogP contribution in [0, 0.1) is 6.92 Å². The van der Waals surface area contributed by atoms with Crippen molar-refractivity contribution in [3.05, 3.63) is 46.7 Å². The van der Waals surface area contributed by atoms with Gasteiger partial charge in [-0.2, -0.15) is 0 Å². The Bertz CT molecular complexity index is 898. The normalized spacial score (nSPS) is 14.0. The first kappa shape index (κ1) is 17.7. The Kier molecular flexibility index (Phi) is 4.75. The monoisotopic (exact) mass is 356 g/mol. The van der Waals surface area contributed by atoms with Crippen LogP contribution in [-0.2, 0) is 0 Å². The third-order valence-electron chi connectivity index (χ3n) is 4.28. The maximum Gasteiger partial charge on any atom is 0.231 e. The summed E-state index contributed by atoms with van der Waals surface area (Å²) in [5.74, 6) is 2.64. The molecule has 0 saturated heterocycles. The van der Waals surface area contributed by atoms with Gasteiger partial charge in [0.15, 0.2) is 17.3 Å². The van der Waals surface area contributed by atoms with Crippen molar-refractivity contribution in [2.45, 2.75) is 6.92 Å². The summed E-state index contributed by atoms with van der Waals surface area (Å²) in [6.45, 7) is 1.85. The van der Waals surface area contributed by atoms with Crippen LogP contribution in [0.1, 0.15) is 21.5 Å². The number of benzene rings is 2. The van der Waals surface area contributed by atoms with Crippen LogP contribution in [0.3, 0.4) is 0 Å². The third kappa shape index (κ3) is 2.73. The number of methoxy groups -OCH3 is 4. The van der Waals surface area contributed by atoms with Crippen molar-refractivity contribution >= 4 is 11.9 Å². The molecule has 0 aromatic heterocycles. The van der Waals surface area contributed by atoms with E-state index in [2.05, 4.69) is 0 Å². The Morgan fingerprint density at radius 3 is 2.12 bits per heavy atom. The molecule has 0 amide bonds. The number of hydrogen-bond donors (Lipinski definition) is 0. The average Bonchev–Trinajstić information content (AvgIpc) is 2.98. The number of allylic oxidation sites excluding steroid dienone is 1. The Hall–Kier alpha value is -3.15. The zero-order chi connectivity index (χ0) is 18.8. The van der Waals surface area contributed by atoms with Gasteiger partial charge in [0.05, 0.1) is 34.0 Å². The second kappa shape index (κ2) is 7.00. The van der Waals surface area contributed by atoms with Crippen molar-refractivity contribution in [3.8, 4) is 28.7 Å². The topological polar surface area (TPSA) is 63.2 Å². The molecule has 136 valence electrons. The smallest absolute Gasteiger partial charge is 0.231 e. The number of ketones is 1. The second-order valence-corrected chi connectivity index (χ2v) is 5.63. The molecule has 2 aromatic rings. The van der Waals surface area contributed by atoms with Gasteiger partial charge in [-0.15, -0.1) is 0 Å². The Balaban J connectivity index is 2.07. The van der Waals surface area contributed by atoms with Crippen molar-refractivity contribution in [3.63, 3.8) is 0 Å². The molecule has 3 rings (SSSR count). The fourth-order valence-electron chi connectivity index (χ4n) is 2.97. The quantitative estimate of drug-likeness (QED) is 0.762. The Labute approximate surface area is 151 Å². The molecule has 2 aromatic carbocycles. The molecule has 0 aliphatic carbocycles. The molecule has 0 atom stereocenters. The van der Waals surface area contributed by atoms with Gasteiger partial charge in [-0.3, -0.25) is 4.79 Å². The maximum atomic E-state index is 12.7. The van der Waals surface area contributed by atoms with Crippen LogP contribution in [-0.4, -0.2) is 34.2 Å². The van der Waals surface area contributed by atoms with Crippen molar-refractivity contribution < 1.29 is 28.5 Å². The molecule has 0 fully saturated rings. The molecule has 26 heavy (non-hydrogen) atoms. The van der Waals surface area contributed by atoms with Gasteiger partial charge in [0.2, 0.25) is 11.5 Å². The minimum Gasteiger partial charge on any atom is -0.496 e. The van der Waals surface area contributed by atoms with E-state index in [1.165, 1.54) is 14.2 Å². The van der Waals surface area contributed by atoms with Crippen LogP contribution in [0.2, 0.25) is 0 Å². The number of Topliss-reactive ketones (excluding diaryl/α,β-unsaturated/α-hetero) is 1. The van der Waals surface area contributed by atoms with Crippen LogP contribution < -0.4 is 23.7 Å². The van der Waals surface area contributed by atoms with Crippen molar-refractivity contribution in [2.75, 3.05) is 28.4 Å². The van der Waals surface area contributed by atoms with Gasteiger partial charge in [0.25, 0.3) is 0 Å². The highest BCUT2D eigenvalue weighted by atomic mass is 16.5. The molecule has 0 N–H and O–H groups in total. The summed E-state index contributed by atoms with van der Waals surface area (Å²) >= 11 is 0. The molecule has 0 spiro atoms. The average molecular weight is 356 g/mol. The molecule has 1 heterocycles. The van der Waals surface area contributed by atoms with Crippen LogP contribution in [0.5, 0.6) is 28.7 Å². The second-order valence-electron chi connectivity index (χ2n) is 5.63. The summed E-state index contributed by atoms with van der Waals surface area (Å²) in [5, 5.41) is 0. The molecule has 0 radical (unpaired) electrons. The highest BCUT2D eigenvalue weighted by Gasteiger charge is 2.30. The molecular weight excluding hydrogens is 336 g/mol. The molecule has 0 bridgehead atoms. The molecule has 6 heteroatoms. The summed E-state index contributed by atoms with van der Waals surface area (Å²) < 4.78 is 27.2. The van der Waals surface area contributed by atoms with Crippen LogP contribution in [0.15, 0.2) is 30.0 Å². The Morgan fingerprint density at radius 1 is 0.846 bits per heavy atom. The predicted molar refractivity (Wildman–Crippen MR) is 96.8 cm³/mol. The summed E-state index contributed by atoms with van der Waals surface area (Å²) in [6.07, 6.45) is 1.63. The Morgan fingerprint density at radius 2 is 1.50 bits per heavy atom. The zero-order valence-electron chi connectivity index (χ0n) is 15.3. The standard InChI is InChI=1S/C20H20O6/c1-11-14(22-2)9-7-13-17(21)16(26-18(11)13)10-12-6-8-15(23-3)20(25-5)19(12)24-4/h6-10H,1-5H3/b16-10-.